The minimum absolute atomic E-state index is 0.0294. The van der Waals surface area contributed by atoms with Crippen LogP contribution in [0.25, 0.3) is 11.2 Å². The topological polar surface area (TPSA) is 128 Å². The number of carbonyl (C=O) groups is 2. The van der Waals surface area contributed by atoms with Gasteiger partial charge in [-0.25, -0.2) is 9.78 Å². The van der Waals surface area contributed by atoms with Gasteiger partial charge in [0.1, 0.15) is 13.3 Å². The third-order valence-corrected chi connectivity index (χ3v) is 4.69. The first-order valence-electron chi connectivity index (χ1n) is 9.10. The lowest BCUT2D eigenvalue weighted by atomic mass is 10.2. The van der Waals surface area contributed by atoms with Crippen molar-refractivity contribution in [1.82, 2.24) is 19.5 Å². The summed E-state index contributed by atoms with van der Waals surface area (Å²) in [6.45, 7) is 1.43. The van der Waals surface area contributed by atoms with Crippen LogP contribution in [-0.4, -0.2) is 48.5 Å². The number of hydrogen-bond donors (Lipinski definition) is 2. The molecule has 0 saturated heterocycles. The largest absolute Gasteiger partial charge is 0.459 e. The van der Waals surface area contributed by atoms with Gasteiger partial charge in [0, 0.05) is 11.4 Å². The van der Waals surface area contributed by atoms with Crippen molar-refractivity contribution in [3.05, 3.63) is 52.6 Å². The predicted molar refractivity (Wildman–Crippen MR) is 118 cm³/mol. The Kier molecular flexibility index (Phi) is 7.52. The number of hydrogen-bond acceptors (Lipinski definition) is 7. The molecule has 30 heavy (non-hydrogen) atoms. The third-order valence-electron chi connectivity index (χ3n) is 4.07. The molecule has 0 unspecified atom stereocenters. The molecule has 1 aromatic carbocycles. The van der Waals surface area contributed by atoms with Crippen LogP contribution in [0.2, 0.25) is 0 Å². The van der Waals surface area contributed by atoms with Crippen molar-refractivity contribution >= 4 is 51.6 Å². The zero-order valence-electron chi connectivity index (χ0n) is 16.1. The molecule has 3 aromatic rings. The second kappa shape index (κ2) is 10.3. The Hall–Kier alpha value is -2.80. The van der Waals surface area contributed by atoms with Gasteiger partial charge in [0.15, 0.2) is 11.2 Å². The monoisotopic (exact) mass is 525 g/mol. The van der Waals surface area contributed by atoms with Gasteiger partial charge in [0.25, 0.3) is 5.56 Å². The lowest BCUT2D eigenvalue weighted by Crippen LogP contribution is -2.25. The van der Waals surface area contributed by atoms with Crippen LogP contribution in [0.5, 0.6) is 0 Å². The molecule has 1 atom stereocenters. The number of carbonyl (C=O) groups excluding carboxylic acids is 2. The first-order valence-corrected chi connectivity index (χ1v) is 10.6. The number of esters is 1. The molecule has 11 heteroatoms. The van der Waals surface area contributed by atoms with E-state index in [0.29, 0.717) is 12.0 Å². The van der Waals surface area contributed by atoms with Crippen molar-refractivity contribution in [1.29, 1.82) is 0 Å². The third kappa shape index (κ3) is 5.63. The standard InChI is InChI=1S/C19H20IN5O5/c1-12(26)22-19-23-16-15(17(27)24-19)25(10-21-16)11-30-14(7-8-20)9-29-18(28)13-5-3-2-4-6-13/h2-6,10,14H,7-9,11H2,1H3,(H2,22,23,24,26,27)/t14-/m1/s1. The molecule has 0 aliphatic rings. The average Bonchev–Trinajstić information content (AvgIpc) is 3.13. The van der Waals surface area contributed by atoms with E-state index >= 15 is 0 Å². The van der Waals surface area contributed by atoms with Gasteiger partial charge in [-0.3, -0.25) is 19.9 Å². The summed E-state index contributed by atoms with van der Waals surface area (Å²) in [5.74, 6) is -0.745. The molecule has 158 valence electrons. The fourth-order valence-corrected chi connectivity index (χ4v) is 3.35. The van der Waals surface area contributed by atoms with Crippen molar-refractivity contribution in [3.63, 3.8) is 0 Å². The summed E-state index contributed by atoms with van der Waals surface area (Å²) in [5.41, 5.74) is 0.426. The molecule has 3 rings (SSSR count). The first kappa shape index (κ1) is 21.9. The molecule has 0 saturated carbocycles. The maximum Gasteiger partial charge on any atom is 0.338 e. The Morgan fingerprint density at radius 1 is 1.30 bits per heavy atom. The number of alkyl halides is 1. The van der Waals surface area contributed by atoms with Crippen LogP contribution in [0.4, 0.5) is 5.95 Å². The maximum absolute atomic E-state index is 12.4. The fourth-order valence-electron chi connectivity index (χ4n) is 2.66. The molecule has 2 N–H and O–H groups in total. The van der Waals surface area contributed by atoms with Gasteiger partial charge in [0.2, 0.25) is 11.9 Å². The molecule has 0 fully saturated rings. The van der Waals surface area contributed by atoms with Gasteiger partial charge in [-0.15, -0.1) is 0 Å². The molecule has 2 aromatic heterocycles. The Bertz CT molecular complexity index is 1080. The number of nitrogens with zero attached hydrogens (tertiary/aromatic N) is 3. The minimum atomic E-state index is -0.453. The number of aromatic nitrogens is 4. The summed E-state index contributed by atoms with van der Waals surface area (Å²) in [6, 6.07) is 8.72. The van der Waals surface area contributed by atoms with Crippen LogP contribution >= 0.6 is 22.6 Å². The molecule has 1 amide bonds. The number of ether oxygens (including phenoxy) is 2. The van der Waals surface area contributed by atoms with Gasteiger partial charge in [-0.2, -0.15) is 4.98 Å². The van der Waals surface area contributed by atoms with E-state index in [4.69, 9.17) is 9.47 Å². The van der Waals surface area contributed by atoms with Crippen molar-refractivity contribution in [2.24, 2.45) is 0 Å². The zero-order chi connectivity index (χ0) is 21.5. The van der Waals surface area contributed by atoms with Crippen LogP contribution in [-0.2, 0) is 21.0 Å². The van der Waals surface area contributed by atoms with Crippen molar-refractivity contribution in [2.75, 3.05) is 16.4 Å². The van der Waals surface area contributed by atoms with Crippen LogP contribution in [0.3, 0.4) is 0 Å². The van der Waals surface area contributed by atoms with E-state index in [1.54, 1.807) is 24.3 Å². The summed E-state index contributed by atoms with van der Waals surface area (Å²) < 4.78 is 13.5. The summed E-state index contributed by atoms with van der Waals surface area (Å²) >= 11 is 2.22. The molecular formula is C19H20IN5O5. The van der Waals surface area contributed by atoms with E-state index < -0.39 is 11.5 Å². The van der Waals surface area contributed by atoms with E-state index in [9.17, 15) is 14.4 Å². The molecule has 2 heterocycles. The van der Waals surface area contributed by atoms with Crippen LogP contribution < -0.4 is 10.9 Å². The maximum atomic E-state index is 12.4. The quantitative estimate of drug-likeness (QED) is 0.249. The number of rotatable bonds is 9. The Morgan fingerprint density at radius 3 is 2.77 bits per heavy atom. The molecule has 0 aliphatic carbocycles. The normalized spacial score (nSPS) is 11.9. The van der Waals surface area contributed by atoms with Crippen LogP contribution in [0, 0.1) is 0 Å². The summed E-state index contributed by atoms with van der Waals surface area (Å²) in [4.78, 5) is 46.4. The van der Waals surface area contributed by atoms with Crippen molar-refractivity contribution < 1.29 is 19.1 Å². The van der Waals surface area contributed by atoms with Crippen molar-refractivity contribution in [3.8, 4) is 0 Å². The van der Waals surface area contributed by atoms with Gasteiger partial charge >= 0.3 is 5.97 Å². The lowest BCUT2D eigenvalue weighted by Gasteiger charge is -2.17. The molecule has 0 bridgehead atoms. The summed E-state index contributed by atoms with van der Waals surface area (Å²) in [5, 5.41) is 2.42. The van der Waals surface area contributed by atoms with E-state index in [-0.39, 0.29) is 42.5 Å². The number of nitrogens with one attached hydrogen (secondary N) is 2. The highest BCUT2D eigenvalue weighted by atomic mass is 127. The number of anilines is 1. The van der Waals surface area contributed by atoms with Gasteiger partial charge < -0.3 is 14.0 Å². The highest BCUT2D eigenvalue weighted by Gasteiger charge is 2.16. The van der Waals surface area contributed by atoms with Crippen LogP contribution in [0.15, 0.2) is 41.5 Å². The molecule has 0 radical (unpaired) electrons. The van der Waals surface area contributed by atoms with E-state index in [0.717, 1.165) is 4.43 Å². The zero-order valence-corrected chi connectivity index (χ0v) is 18.3. The van der Waals surface area contributed by atoms with Gasteiger partial charge in [-0.05, 0) is 18.6 Å². The SMILES string of the molecule is CC(=O)Nc1nc2ncn(CO[C@H](CCI)COC(=O)c3ccccc3)c2c(=O)[nH]1. The van der Waals surface area contributed by atoms with E-state index in [1.807, 2.05) is 6.07 Å². The second-order valence-corrected chi connectivity index (χ2v) is 7.42. The summed E-state index contributed by atoms with van der Waals surface area (Å²) in [7, 11) is 0. The number of imidazole rings is 1. The molecule has 10 nitrogen and oxygen atoms in total. The Labute approximate surface area is 185 Å². The highest BCUT2D eigenvalue weighted by Crippen LogP contribution is 2.11. The number of aromatic amines is 1. The first-order chi connectivity index (χ1) is 14.5. The smallest absolute Gasteiger partial charge is 0.338 e. The molecular weight excluding hydrogens is 505 g/mol. The van der Waals surface area contributed by atoms with Gasteiger partial charge in [0.05, 0.1) is 18.0 Å². The Morgan fingerprint density at radius 2 is 2.07 bits per heavy atom. The predicted octanol–water partition coefficient (Wildman–Crippen LogP) is 2.10. The lowest BCUT2D eigenvalue weighted by molar-refractivity contribution is -0.114. The van der Waals surface area contributed by atoms with Crippen LogP contribution in [0.1, 0.15) is 23.7 Å². The molecule has 0 aliphatic heterocycles. The number of benzene rings is 1. The fraction of sp³-hybridized carbons (Fsp3) is 0.316. The van der Waals surface area contributed by atoms with Crippen molar-refractivity contribution in [2.45, 2.75) is 26.2 Å². The average molecular weight is 525 g/mol. The summed E-state index contributed by atoms with van der Waals surface area (Å²) in [6.07, 6.45) is 1.75. The molecule has 0 spiro atoms. The number of H-pyrrole nitrogens is 1. The number of halogens is 1. The Balaban J connectivity index is 1.65. The minimum Gasteiger partial charge on any atom is -0.459 e. The van der Waals surface area contributed by atoms with E-state index in [2.05, 4.69) is 42.9 Å². The highest BCUT2D eigenvalue weighted by molar-refractivity contribution is 14.1. The van der Waals surface area contributed by atoms with Gasteiger partial charge in [-0.1, -0.05) is 40.8 Å². The van der Waals surface area contributed by atoms with E-state index in [1.165, 1.54) is 17.8 Å². The number of amides is 1. The number of fused-ring (bicyclic) bond motifs is 1. The second-order valence-electron chi connectivity index (χ2n) is 6.34.